The maximum absolute atomic E-state index is 13.4. The zero-order valence-electron chi connectivity index (χ0n) is 17.2. The standard InChI is InChI=1S/C25H20N4O2S/c26-16-17-7-6-8-18(15-17)27-22-20-11-12-21(30)29(19-9-2-1-3-10-19)25(20)32-23(22)24(31)28-13-4-5-14-28/h1-3,6-12,15,27H,4-5,13-14H2. The molecule has 1 aliphatic heterocycles. The predicted molar refractivity (Wildman–Crippen MR) is 127 cm³/mol. The van der Waals surface area contributed by atoms with Crippen LogP contribution in [0.2, 0.25) is 0 Å². The fraction of sp³-hybridized carbons (Fsp3) is 0.160. The Morgan fingerprint density at radius 3 is 2.53 bits per heavy atom. The normalized spacial score (nSPS) is 13.3. The van der Waals surface area contributed by atoms with Crippen molar-refractivity contribution >= 4 is 38.8 Å². The number of thiophene rings is 1. The summed E-state index contributed by atoms with van der Waals surface area (Å²) in [5.74, 6) is -0.0327. The van der Waals surface area contributed by atoms with Gasteiger partial charge in [0.05, 0.1) is 23.0 Å². The van der Waals surface area contributed by atoms with Crippen molar-refractivity contribution in [3.05, 3.63) is 87.5 Å². The summed E-state index contributed by atoms with van der Waals surface area (Å²) in [6.07, 6.45) is 2.00. The molecule has 0 spiro atoms. The summed E-state index contributed by atoms with van der Waals surface area (Å²) in [4.78, 5) is 29.4. The number of nitrogens with one attached hydrogen (secondary N) is 1. The Bertz CT molecular complexity index is 1410. The third-order valence-electron chi connectivity index (χ3n) is 5.60. The van der Waals surface area contributed by atoms with Gasteiger partial charge in [-0.05, 0) is 49.2 Å². The lowest BCUT2D eigenvalue weighted by Crippen LogP contribution is -2.27. The minimum atomic E-state index is -0.150. The molecular formula is C25H20N4O2S. The van der Waals surface area contributed by atoms with E-state index in [9.17, 15) is 14.9 Å². The number of fused-ring (bicyclic) bond motifs is 1. The van der Waals surface area contributed by atoms with Crippen molar-refractivity contribution in [2.45, 2.75) is 12.8 Å². The summed E-state index contributed by atoms with van der Waals surface area (Å²) in [6.45, 7) is 1.48. The first-order chi connectivity index (χ1) is 15.7. The first-order valence-electron chi connectivity index (χ1n) is 10.5. The van der Waals surface area contributed by atoms with E-state index >= 15 is 0 Å². The van der Waals surface area contributed by atoms with Crippen molar-refractivity contribution in [1.82, 2.24) is 9.47 Å². The quantitative estimate of drug-likeness (QED) is 0.489. The van der Waals surface area contributed by atoms with Gasteiger partial charge in [-0.3, -0.25) is 14.2 Å². The Labute approximate surface area is 189 Å². The van der Waals surface area contributed by atoms with Crippen molar-refractivity contribution in [2.75, 3.05) is 18.4 Å². The Morgan fingerprint density at radius 1 is 1.00 bits per heavy atom. The van der Waals surface area contributed by atoms with Crippen molar-refractivity contribution in [3.63, 3.8) is 0 Å². The molecule has 1 amide bonds. The van der Waals surface area contributed by atoms with Crippen molar-refractivity contribution in [1.29, 1.82) is 5.26 Å². The fourth-order valence-corrected chi connectivity index (χ4v) is 5.29. The maximum Gasteiger partial charge on any atom is 0.266 e. The van der Waals surface area contributed by atoms with E-state index in [0.29, 0.717) is 21.0 Å². The number of carbonyl (C=O) groups is 1. The molecule has 6 nitrogen and oxygen atoms in total. The van der Waals surface area contributed by atoms with Crippen LogP contribution in [-0.4, -0.2) is 28.5 Å². The van der Waals surface area contributed by atoms with E-state index in [2.05, 4.69) is 11.4 Å². The second-order valence-electron chi connectivity index (χ2n) is 7.68. The monoisotopic (exact) mass is 440 g/mol. The Hall–Kier alpha value is -3.89. The van der Waals surface area contributed by atoms with Crippen LogP contribution in [0.3, 0.4) is 0 Å². The number of amides is 1. The van der Waals surface area contributed by atoms with Crippen LogP contribution in [0.4, 0.5) is 11.4 Å². The van der Waals surface area contributed by atoms with Gasteiger partial charge in [0.1, 0.15) is 9.71 Å². The largest absolute Gasteiger partial charge is 0.354 e. The summed E-state index contributed by atoms with van der Waals surface area (Å²) in [5, 5.41) is 13.4. The van der Waals surface area contributed by atoms with Crippen molar-refractivity contribution in [3.8, 4) is 11.8 Å². The molecule has 1 fully saturated rings. The van der Waals surface area contributed by atoms with Crippen molar-refractivity contribution in [2.24, 2.45) is 0 Å². The number of nitriles is 1. The summed E-state index contributed by atoms with van der Waals surface area (Å²) >= 11 is 1.33. The molecule has 158 valence electrons. The molecule has 1 saturated heterocycles. The average molecular weight is 441 g/mol. The number of para-hydroxylation sites is 1. The summed E-state index contributed by atoms with van der Waals surface area (Å²) in [6, 6.07) is 22.0. The van der Waals surface area contributed by atoms with Gasteiger partial charge in [-0.25, -0.2) is 0 Å². The highest BCUT2D eigenvalue weighted by Gasteiger charge is 2.27. The highest BCUT2D eigenvalue weighted by molar-refractivity contribution is 7.21. The van der Waals surface area contributed by atoms with Crippen LogP contribution >= 0.6 is 11.3 Å². The SMILES string of the molecule is N#Cc1cccc(Nc2c(C(=O)N3CCCC3)sc3c2ccc(=O)n3-c2ccccc2)c1. The lowest BCUT2D eigenvalue weighted by molar-refractivity contribution is 0.0798. The van der Waals surface area contributed by atoms with Gasteiger partial charge in [-0.2, -0.15) is 5.26 Å². The lowest BCUT2D eigenvalue weighted by Gasteiger charge is -2.16. The van der Waals surface area contributed by atoms with E-state index in [-0.39, 0.29) is 11.5 Å². The van der Waals surface area contributed by atoms with E-state index in [1.807, 2.05) is 41.3 Å². The molecule has 0 saturated carbocycles. The van der Waals surface area contributed by atoms with Gasteiger partial charge in [0.25, 0.3) is 11.5 Å². The number of carbonyl (C=O) groups excluding carboxylic acids is 1. The molecule has 0 aliphatic carbocycles. The third kappa shape index (κ3) is 3.55. The summed E-state index contributed by atoms with van der Waals surface area (Å²) < 4.78 is 1.65. The average Bonchev–Trinajstić information content (AvgIpc) is 3.48. The molecular weight excluding hydrogens is 420 g/mol. The molecule has 5 rings (SSSR count). The summed E-state index contributed by atoms with van der Waals surface area (Å²) in [7, 11) is 0. The number of benzene rings is 2. The number of nitrogens with zero attached hydrogens (tertiary/aromatic N) is 3. The number of pyridine rings is 1. The fourth-order valence-electron chi connectivity index (χ4n) is 4.05. The van der Waals surface area contributed by atoms with Crippen LogP contribution in [0.1, 0.15) is 28.1 Å². The number of anilines is 2. The Kier molecular flexibility index (Phi) is 5.21. The molecule has 7 heteroatoms. The Morgan fingerprint density at radius 2 is 1.78 bits per heavy atom. The van der Waals surface area contributed by atoms with Crippen molar-refractivity contribution < 1.29 is 4.79 Å². The number of rotatable bonds is 4. The van der Waals surface area contributed by atoms with E-state index in [4.69, 9.17) is 0 Å². The number of hydrogen-bond donors (Lipinski definition) is 1. The minimum Gasteiger partial charge on any atom is -0.354 e. The van der Waals surface area contributed by atoms with E-state index < -0.39 is 0 Å². The predicted octanol–water partition coefficient (Wildman–Crippen LogP) is 4.90. The van der Waals surface area contributed by atoms with Gasteiger partial charge in [-0.1, -0.05) is 24.3 Å². The smallest absolute Gasteiger partial charge is 0.266 e. The van der Waals surface area contributed by atoms with Gasteiger partial charge in [0.15, 0.2) is 0 Å². The number of aromatic nitrogens is 1. The van der Waals surface area contributed by atoms with E-state index in [1.54, 1.807) is 28.8 Å². The molecule has 3 heterocycles. The second kappa shape index (κ2) is 8.33. The van der Waals surface area contributed by atoms with Crippen LogP contribution in [0.15, 0.2) is 71.5 Å². The first kappa shape index (κ1) is 20.0. The lowest BCUT2D eigenvalue weighted by atomic mass is 10.2. The maximum atomic E-state index is 13.4. The second-order valence-corrected chi connectivity index (χ2v) is 8.68. The zero-order valence-corrected chi connectivity index (χ0v) is 18.1. The summed E-state index contributed by atoms with van der Waals surface area (Å²) in [5.41, 5.74) is 2.52. The highest BCUT2D eigenvalue weighted by atomic mass is 32.1. The molecule has 4 aromatic rings. The number of hydrogen-bond acceptors (Lipinski definition) is 5. The van der Waals surface area contributed by atoms with Gasteiger partial charge in [0, 0.05) is 30.2 Å². The molecule has 0 atom stereocenters. The van der Waals surface area contributed by atoms with E-state index in [1.165, 1.54) is 17.4 Å². The van der Waals surface area contributed by atoms with Crippen LogP contribution < -0.4 is 10.9 Å². The van der Waals surface area contributed by atoms with E-state index in [0.717, 1.165) is 42.7 Å². The van der Waals surface area contributed by atoms with Crippen LogP contribution in [0.5, 0.6) is 0 Å². The molecule has 2 aromatic carbocycles. The van der Waals surface area contributed by atoms with Gasteiger partial charge in [-0.15, -0.1) is 11.3 Å². The molecule has 0 radical (unpaired) electrons. The molecule has 1 aliphatic rings. The molecule has 0 bridgehead atoms. The zero-order chi connectivity index (χ0) is 22.1. The molecule has 32 heavy (non-hydrogen) atoms. The third-order valence-corrected chi connectivity index (χ3v) is 6.78. The first-order valence-corrected chi connectivity index (χ1v) is 11.3. The number of likely N-dealkylation sites (tertiary alicyclic amines) is 1. The van der Waals surface area contributed by atoms with Crippen LogP contribution in [0.25, 0.3) is 15.9 Å². The molecule has 2 aromatic heterocycles. The van der Waals surface area contributed by atoms with Gasteiger partial charge in [0.2, 0.25) is 0 Å². The molecule has 0 unspecified atom stereocenters. The van der Waals surface area contributed by atoms with Crippen LogP contribution in [-0.2, 0) is 0 Å². The van der Waals surface area contributed by atoms with Gasteiger partial charge >= 0.3 is 0 Å². The highest BCUT2D eigenvalue weighted by Crippen LogP contribution is 2.39. The topological polar surface area (TPSA) is 78.1 Å². The van der Waals surface area contributed by atoms with Crippen LogP contribution in [0, 0.1) is 11.3 Å². The minimum absolute atomic E-state index is 0.0327. The Balaban J connectivity index is 1.72. The molecule has 1 N–H and O–H groups in total. The van der Waals surface area contributed by atoms with Gasteiger partial charge < -0.3 is 10.2 Å².